The van der Waals surface area contributed by atoms with Crippen LogP contribution in [0.4, 0.5) is 0 Å². The van der Waals surface area contributed by atoms with E-state index in [1.165, 1.54) is 6.42 Å². The Bertz CT molecular complexity index is 1150. The molecule has 0 saturated carbocycles. The van der Waals surface area contributed by atoms with Crippen molar-refractivity contribution in [3.05, 3.63) is 70.5 Å². The summed E-state index contributed by atoms with van der Waals surface area (Å²) in [7, 11) is 0. The Morgan fingerprint density at radius 1 is 1.06 bits per heavy atom. The summed E-state index contributed by atoms with van der Waals surface area (Å²) in [6.45, 7) is 3.01. The molecule has 4 N–H and O–H groups in total. The summed E-state index contributed by atoms with van der Waals surface area (Å²) in [6.07, 6.45) is 5.31. The Morgan fingerprint density at radius 3 is 2.69 bits per heavy atom. The average molecular weight is 433 g/mol. The average Bonchev–Trinajstić information content (AvgIpc) is 3.27. The van der Waals surface area contributed by atoms with Crippen molar-refractivity contribution >= 4 is 16.7 Å². The number of aryl methyl sites for hydroxylation is 1. The molecule has 32 heavy (non-hydrogen) atoms. The third-order valence-corrected chi connectivity index (χ3v) is 6.52. The van der Waals surface area contributed by atoms with Crippen molar-refractivity contribution in [2.45, 2.75) is 44.7 Å². The lowest BCUT2D eigenvalue weighted by Gasteiger charge is -2.22. The quantitative estimate of drug-likeness (QED) is 0.274. The number of benzene rings is 2. The van der Waals surface area contributed by atoms with E-state index in [0.717, 1.165) is 55.2 Å². The standard InChI is InChI=1S/C26H32N4O2/c27-25(28)21-10-6-9-19(16-21)23-17-20-8-2-3-12-24(20)30(26(23)32)15-5-1-4-13-29-14-7-11-22(29)18-31/h2-3,6,8-10,12,16-17,22,31H,1,4-5,7,11,13-15,18H2,(H3,27,28). The van der Waals surface area contributed by atoms with E-state index in [4.69, 9.17) is 11.1 Å². The Morgan fingerprint density at radius 2 is 1.88 bits per heavy atom. The number of hydrogen-bond donors (Lipinski definition) is 3. The number of aromatic nitrogens is 1. The SMILES string of the molecule is N=C(N)c1cccc(-c2cc3ccccc3n(CCCCCN3CCCC3CO)c2=O)c1. The molecule has 6 heteroatoms. The molecule has 2 heterocycles. The predicted molar refractivity (Wildman–Crippen MR) is 130 cm³/mol. The molecule has 1 aliphatic rings. The van der Waals surface area contributed by atoms with E-state index in [1.54, 1.807) is 6.07 Å². The van der Waals surface area contributed by atoms with Crippen molar-refractivity contribution in [3.63, 3.8) is 0 Å². The van der Waals surface area contributed by atoms with Crippen LogP contribution in [-0.4, -0.2) is 46.1 Å². The number of aliphatic hydroxyl groups is 1. The number of nitrogen functional groups attached to an aromatic ring is 1. The zero-order chi connectivity index (χ0) is 22.5. The Labute approximate surface area is 188 Å². The topological polar surface area (TPSA) is 95.3 Å². The van der Waals surface area contributed by atoms with E-state index in [1.807, 2.05) is 53.1 Å². The number of hydrogen-bond acceptors (Lipinski definition) is 4. The molecule has 6 nitrogen and oxygen atoms in total. The van der Waals surface area contributed by atoms with Gasteiger partial charge in [-0.15, -0.1) is 0 Å². The third kappa shape index (κ3) is 4.76. The van der Waals surface area contributed by atoms with Crippen LogP contribution >= 0.6 is 0 Å². The molecule has 0 spiro atoms. The van der Waals surface area contributed by atoms with Crippen LogP contribution in [0, 0.1) is 5.41 Å². The Hall–Kier alpha value is -2.96. The van der Waals surface area contributed by atoms with Crippen LogP contribution < -0.4 is 11.3 Å². The molecular formula is C26H32N4O2. The molecular weight excluding hydrogens is 400 g/mol. The van der Waals surface area contributed by atoms with Gasteiger partial charge in [0.15, 0.2) is 0 Å². The lowest BCUT2D eigenvalue weighted by atomic mass is 10.0. The minimum Gasteiger partial charge on any atom is -0.395 e. The Kier molecular flexibility index (Phi) is 7.02. The first-order valence-corrected chi connectivity index (χ1v) is 11.5. The molecule has 1 unspecified atom stereocenters. The predicted octanol–water partition coefficient (Wildman–Crippen LogP) is 3.58. The minimum atomic E-state index is -0.00992. The maximum atomic E-state index is 13.5. The zero-order valence-corrected chi connectivity index (χ0v) is 18.5. The highest BCUT2D eigenvalue weighted by Gasteiger charge is 2.22. The van der Waals surface area contributed by atoms with Crippen molar-refractivity contribution in [2.24, 2.45) is 5.73 Å². The van der Waals surface area contributed by atoms with Gasteiger partial charge in [0.25, 0.3) is 5.56 Å². The lowest BCUT2D eigenvalue weighted by molar-refractivity contribution is 0.157. The van der Waals surface area contributed by atoms with Gasteiger partial charge < -0.3 is 15.4 Å². The molecule has 0 radical (unpaired) electrons. The fourth-order valence-corrected chi connectivity index (χ4v) is 4.77. The second-order valence-corrected chi connectivity index (χ2v) is 8.64. The summed E-state index contributed by atoms with van der Waals surface area (Å²) < 4.78 is 1.89. The molecule has 1 aliphatic heterocycles. The zero-order valence-electron chi connectivity index (χ0n) is 18.5. The van der Waals surface area contributed by atoms with Gasteiger partial charge in [-0.05, 0) is 67.9 Å². The number of nitrogens with zero attached hydrogens (tertiary/aromatic N) is 2. The number of aliphatic hydroxyl groups excluding tert-OH is 1. The number of para-hydroxylation sites is 1. The molecule has 3 aromatic rings. The first-order chi connectivity index (χ1) is 15.6. The Balaban J connectivity index is 1.53. The van der Waals surface area contributed by atoms with E-state index >= 15 is 0 Å². The van der Waals surface area contributed by atoms with E-state index in [9.17, 15) is 9.90 Å². The number of unbranched alkanes of at least 4 members (excludes halogenated alkanes) is 2. The summed E-state index contributed by atoms with van der Waals surface area (Å²) in [6, 6.07) is 17.6. The highest BCUT2D eigenvalue weighted by molar-refractivity contribution is 5.96. The van der Waals surface area contributed by atoms with Crippen LogP contribution in [0.5, 0.6) is 0 Å². The number of likely N-dealkylation sites (tertiary alicyclic amines) is 1. The van der Waals surface area contributed by atoms with Gasteiger partial charge in [0.1, 0.15) is 5.84 Å². The van der Waals surface area contributed by atoms with Gasteiger partial charge in [-0.3, -0.25) is 15.1 Å². The molecule has 168 valence electrons. The van der Waals surface area contributed by atoms with Crippen molar-refractivity contribution in [3.8, 4) is 11.1 Å². The van der Waals surface area contributed by atoms with Gasteiger partial charge in [-0.2, -0.15) is 0 Å². The number of nitrogens with one attached hydrogen (secondary N) is 1. The molecule has 0 bridgehead atoms. The molecule has 1 fully saturated rings. The van der Waals surface area contributed by atoms with E-state index in [2.05, 4.69) is 4.90 Å². The maximum Gasteiger partial charge on any atom is 0.258 e. The maximum absolute atomic E-state index is 13.5. The number of pyridine rings is 1. The monoisotopic (exact) mass is 432 g/mol. The molecule has 4 rings (SSSR count). The molecule has 1 aromatic heterocycles. The van der Waals surface area contributed by atoms with Gasteiger partial charge in [0.2, 0.25) is 0 Å². The third-order valence-electron chi connectivity index (χ3n) is 6.52. The summed E-state index contributed by atoms with van der Waals surface area (Å²) in [4.78, 5) is 15.9. The smallest absolute Gasteiger partial charge is 0.258 e. The normalized spacial score (nSPS) is 16.6. The summed E-state index contributed by atoms with van der Waals surface area (Å²) in [5.41, 5.74) is 8.63. The molecule has 1 atom stereocenters. The van der Waals surface area contributed by atoms with Crippen LogP contribution in [0.25, 0.3) is 22.0 Å². The van der Waals surface area contributed by atoms with Crippen LogP contribution in [0.1, 0.15) is 37.7 Å². The van der Waals surface area contributed by atoms with Crippen LogP contribution in [-0.2, 0) is 6.54 Å². The van der Waals surface area contributed by atoms with Crippen molar-refractivity contribution < 1.29 is 5.11 Å². The van der Waals surface area contributed by atoms with Crippen molar-refractivity contribution in [1.29, 1.82) is 5.41 Å². The van der Waals surface area contributed by atoms with Gasteiger partial charge in [-0.25, -0.2) is 0 Å². The molecule has 2 aromatic carbocycles. The first kappa shape index (κ1) is 22.2. The van der Waals surface area contributed by atoms with E-state index < -0.39 is 0 Å². The highest BCUT2D eigenvalue weighted by Crippen LogP contribution is 2.23. The summed E-state index contributed by atoms with van der Waals surface area (Å²) in [5, 5.41) is 18.2. The van der Waals surface area contributed by atoms with Gasteiger partial charge in [0, 0.05) is 23.7 Å². The van der Waals surface area contributed by atoms with Crippen LogP contribution in [0.3, 0.4) is 0 Å². The van der Waals surface area contributed by atoms with E-state index in [-0.39, 0.29) is 18.0 Å². The largest absolute Gasteiger partial charge is 0.395 e. The summed E-state index contributed by atoms with van der Waals surface area (Å²) in [5.74, 6) is -0.00518. The summed E-state index contributed by atoms with van der Waals surface area (Å²) >= 11 is 0. The molecule has 0 aliphatic carbocycles. The second kappa shape index (κ2) is 10.1. The van der Waals surface area contributed by atoms with Gasteiger partial charge >= 0.3 is 0 Å². The van der Waals surface area contributed by atoms with Crippen molar-refractivity contribution in [1.82, 2.24) is 9.47 Å². The van der Waals surface area contributed by atoms with Gasteiger partial charge in [0.05, 0.1) is 12.1 Å². The lowest BCUT2D eigenvalue weighted by Crippen LogP contribution is -2.33. The fourth-order valence-electron chi connectivity index (χ4n) is 4.77. The number of rotatable bonds is 9. The fraction of sp³-hybridized carbons (Fsp3) is 0.385. The van der Waals surface area contributed by atoms with Crippen LogP contribution in [0.2, 0.25) is 0 Å². The number of amidine groups is 1. The van der Waals surface area contributed by atoms with E-state index in [0.29, 0.717) is 23.7 Å². The number of nitrogens with two attached hydrogens (primary N) is 1. The highest BCUT2D eigenvalue weighted by atomic mass is 16.3. The second-order valence-electron chi connectivity index (χ2n) is 8.64. The van der Waals surface area contributed by atoms with Crippen molar-refractivity contribution in [2.75, 3.05) is 19.7 Å². The minimum absolute atomic E-state index is 0.00518. The molecule has 1 saturated heterocycles. The van der Waals surface area contributed by atoms with Crippen LogP contribution in [0.15, 0.2) is 59.4 Å². The molecule has 0 amide bonds. The number of fused-ring (bicyclic) bond motifs is 1. The first-order valence-electron chi connectivity index (χ1n) is 11.5. The van der Waals surface area contributed by atoms with Gasteiger partial charge in [-0.1, -0.05) is 42.8 Å².